The number of hydrazine groups is 1. The Labute approximate surface area is 106 Å². The molecule has 0 aromatic heterocycles. The monoisotopic (exact) mass is 239 g/mol. The highest BCUT2D eigenvalue weighted by Gasteiger charge is 2.18. The van der Waals surface area contributed by atoms with Crippen molar-refractivity contribution in [3.63, 3.8) is 0 Å². The van der Waals surface area contributed by atoms with Crippen molar-refractivity contribution >= 4 is 5.84 Å². The number of nitrogens with one attached hydrogen (secondary N) is 1. The Bertz CT molecular complexity index is 247. The van der Waals surface area contributed by atoms with E-state index in [2.05, 4.69) is 33.1 Å². The van der Waals surface area contributed by atoms with Gasteiger partial charge in [-0.1, -0.05) is 40.5 Å². The Kier molecular flexibility index (Phi) is 5.44. The number of rotatable bonds is 4. The van der Waals surface area contributed by atoms with Gasteiger partial charge in [0.1, 0.15) is 5.84 Å². The lowest BCUT2D eigenvalue weighted by atomic mass is 9.84. The molecule has 0 saturated heterocycles. The predicted molar refractivity (Wildman–Crippen MR) is 74.9 cm³/mol. The van der Waals surface area contributed by atoms with Crippen LogP contribution in [0.2, 0.25) is 0 Å². The van der Waals surface area contributed by atoms with Crippen LogP contribution in [-0.2, 0) is 0 Å². The van der Waals surface area contributed by atoms with Crippen LogP contribution in [0, 0.1) is 11.3 Å². The lowest BCUT2D eigenvalue weighted by Gasteiger charge is -2.23. The number of hydrogen-bond acceptors (Lipinski definition) is 2. The van der Waals surface area contributed by atoms with Crippen molar-refractivity contribution in [3.8, 4) is 0 Å². The second kappa shape index (κ2) is 6.39. The predicted octanol–water partition coefficient (Wildman–Crippen LogP) is 3.25. The van der Waals surface area contributed by atoms with Gasteiger partial charge in [0.05, 0.1) is 6.04 Å². The highest BCUT2D eigenvalue weighted by atomic mass is 15.3. The van der Waals surface area contributed by atoms with Crippen molar-refractivity contribution in [2.45, 2.75) is 72.3 Å². The summed E-state index contributed by atoms with van der Waals surface area (Å²) in [6.07, 6.45) is 7.30. The standard InChI is InChI=1S/C14H29N3/c1-11(10-14(2,3)4)9-13(17-15)16-12-7-5-6-8-12/h11-12H,5-10,15H2,1-4H3,(H,16,17). The van der Waals surface area contributed by atoms with Gasteiger partial charge in [-0.3, -0.25) is 4.99 Å². The van der Waals surface area contributed by atoms with Gasteiger partial charge in [0.25, 0.3) is 0 Å². The molecule has 0 aliphatic heterocycles. The van der Waals surface area contributed by atoms with E-state index in [4.69, 9.17) is 10.8 Å². The minimum atomic E-state index is 0.381. The number of nitrogens with zero attached hydrogens (tertiary/aromatic N) is 1. The number of hydrogen-bond donors (Lipinski definition) is 2. The zero-order valence-electron chi connectivity index (χ0n) is 11.9. The molecule has 0 amide bonds. The molecule has 17 heavy (non-hydrogen) atoms. The minimum Gasteiger partial charge on any atom is -0.312 e. The fraction of sp³-hybridized carbons (Fsp3) is 0.929. The van der Waals surface area contributed by atoms with Gasteiger partial charge in [-0.15, -0.1) is 0 Å². The number of amidine groups is 1. The molecule has 3 nitrogen and oxygen atoms in total. The highest BCUT2D eigenvalue weighted by Crippen LogP contribution is 2.26. The average molecular weight is 239 g/mol. The van der Waals surface area contributed by atoms with Crippen LogP contribution < -0.4 is 11.3 Å². The molecule has 0 spiro atoms. The maximum absolute atomic E-state index is 5.58. The summed E-state index contributed by atoms with van der Waals surface area (Å²) < 4.78 is 0. The van der Waals surface area contributed by atoms with Crippen LogP contribution in [0.15, 0.2) is 4.99 Å². The Hall–Kier alpha value is -0.570. The van der Waals surface area contributed by atoms with Gasteiger partial charge in [-0.25, -0.2) is 5.84 Å². The molecule has 1 aliphatic rings. The molecule has 1 fully saturated rings. The summed E-state index contributed by atoms with van der Waals surface area (Å²) in [5.41, 5.74) is 3.18. The normalized spacial score (nSPS) is 20.6. The molecule has 3 N–H and O–H groups in total. The Morgan fingerprint density at radius 2 is 1.94 bits per heavy atom. The summed E-state index contributed by atoms with van der Waals surface area (Å²) in [7, 11) is 0. The highest BCUT2D eigenvalue weighted by molar-refractivity contribution is 5.81. The van der Waals surface area contributed by atoms with Crippen molar-refractivity contribution in [1.82, 2.24) is 5.43 Å². The van der Waals surface area contributed by atoms with Crippen LogP contribution in [-0.4, -0.2) is 11.9 Å². The van der Waals surface area contributed by atoms with Crippen LogP contribution in [0.1, 0.15) is 66.2 Å². The van der Waals surface area contributed by atoms with Crippen LogP contribution >= 0.6 is 0 Å². The molecule has 1 atom stereocenters. The third-order valence-corrected chi connectivity index (χ3v) is 3.33. The zero-order chi connectivity index (χ0) is 12.9. The fourth-order valence-corrected chi connectivity index (χ4v) is 2.85. The first kappa shape index (κ1) is 14.5. The molecule has 3 heteroatoms. The van der Waals surface area contributed by atoms with Crippen LogP contribution in [0.4, 0.5) is 0 Å². The summed E-state index contributed by atoms with van der Waals surface area (Å²) in [4.78, 5) is 4.74. The molecule has 1 saturated carbocycles. The third-order valence-electron chi connectivity index (χ3n) is 3.33. The van der Waals surface area contributed by atoms with E-state index in [1.807, 2.05) is 0 Å². The van der Waals surface area contributed by atoms with Gasteiger partial charge in [0, 0.05) is 6.42 Å². The van der Waals surface area contributed by atoms with Gasteiger partial charge in [0.15, 0.2) is 0 Å². The van der Waals surface area contributed by atoms with E-state index >= 15 is 0 Å². The van der Waals surface area contributed by atoms with E-state index in [0.717, 1.165) is 12.3 Å². The molecule has 0 heterocycles. The molecule has 1 rings (SSSR count). The first-order chi connectivity index (χ1) is 7.90. The van der Waals surface area contributed by atoms with Crippen molar-refractivity contribution in [2.75, 3.05) is 0 Å². The summed E-state index contributed by atoms with van der Waals surface area (Å²) in [6.45, 7) is 9.14. The topological polar surface area (TPSA) is 50.4 Å². The van der Waals surface area contributed by atoms with E-state index in [-0.39, 0.29) is 0 Å². The maximum Gasteiger partial charge on any atom is 0.111 e. The van der Waals surface area contributed by atoms with E-state index in [0.29, 0.717) is 17.4 Å². The van der Waals surface area contributed by atoms with Crippen LogP contribution in [0.5, 0.6) is 0 Å². The van der Waals surface area contributed by atoms with Gasteiger partial charge in [0.2, 0.25) is 0 Å². The maximum atomic E-state index is 5.58. The van der Waals surface area contributed by atoms with E-state index in [1.165, 1.54) is 32.1 Å². The van der Waals surface area contributed by atoms with E-state index < -0.39 is 0 Å². The molecule has 1 unspecified atom stereocenters. The summed E-state index contributed by atoms with van der Waals surface area (Å²) >= 11 is 0. The van der Waals surface area contributed by atoms with Crippen LogP contribution in [0.3, 0.4) is 0 Å². The fourth-order valence-electron chi connectivity index (χ4n) is 2.85. The second-order valence-corrected chi connectivity index (χ2v) is 6.73. The molecule has 0 radical (unpaired) electrons. The van der Waals surface area contributed by atoms with E-state index in [9.17, 15) is 0 Å². The Morgan fingerprint density at radius 3 is 2.41 bits per heavy atom. The van der Waals surface area contributed by atoms with Crippen molar-refractivity contribution in [2.24, 2.45) is 22.2 Å². The summed E-state index contributed by atoms with van der Waals surface area (Å²) in [5.74, 6) is 7.21. The molecule has 0 bridgehead atoms. The molecular formula is C14H29N3. The largest absolute Gasteiger partial charge is 0.312 e. The average Bonchev–Trinajstić information content (AvgIpc) is 2.66. The molecular weight excluding hydrogens is 210 g/mol. The van der Waals surface area contributed by atoms with Gasteiger partial charge in [-0.2, -0.15) is 0 Å². The SMILES string of the molecule is CC(CC(=NC1CCCC1)NN)CC(C)(C)C. The first-order valence-corrected chi connectivity index (χ1v) is 6.94. The first-order valence-electron chi connectivity index (χ1n) is 6.94. The van der Waals surface area contributed by atoms with Crippen molar-refractivity contribution < 1.29 is 0 Å². The Balaban J connectivity index is 2.45. The zero-order valence-corrected chi connectivity index (χ0v) is 11.9. The van der Waals surface area contributed by atoms with Crippen molar-refractivity contribution in [1.29, 1.82) is 0 Å². The van der Waals surface area contributed by atoms with Gasteiger partial charge < -0.3 is 5.43 Å². The number of aliphatic imine (C=N–C) groups is 1. The van der Waals surface area contributed by atoms with Gasteiger partial charge in [-0.05, 0) is 30.6 Å². The summed E-state index contributed by atoms with van der Waals surface area (Å²) in [5, 5.41) is 0. The Morgan fingerprint density at radius 1 is 1.35 bits per heavy atom. The van der Waals surface area contributed by atoms with Crippen LogP contribution in [0.25, 0.3) is 0 Å². The quantitative estimate of drug-likeness (QED) is 0.342. The van der Waals surface area contributed by atoms with E-state index in [1.54, 1.807) is 0 Å². The molecule has 100 valence electrons. The number of nitrogens with two attached hydrogens (primary N) is 1. The molecule has 0 aromatic rings. The second-order valence-electron chi connectivity index (χ2n) is 6.73. The van der Waals surface area contributed by atoms with Gasteiger partial charge >= 0.3 is 0 Å². The molecule has 0 aromatic carbocycles. The summed E-state index contributed by atoms with van der Waals surface area (Å²) in [6, 6.07) is 0.517. The minimum absolute atomic E-state index is 0.381. The van der Waals surface area contributed by atoms with Crippen molar-refractivity contribution in [3.05, 3.63) is 0 Å². The third kappa shape index (κ3) is 6.06. The lowest BCUT2D eigenvalue weighted by Crippen LogP contribution is -2.33. The smallest absolute Gasteiger partial charge is 0.111 e. The lowest BCUT2D eigenvalue weighted by molar-refractivity contribution is 0.311. The molecule has 1 aliphatic carbocycles.